The van der Waals surface area contributed by atoms with Crippen LogP contribution in [0, 0.1) is 5.92 Å². The van der Waals surface area contributed by atoms with Crippen molar-refractivity contribution in [1.29, 1.82) is 0 Å². The van der Waals surface area contributed by atoms with Crippen molar-refractivity contribution < 1.29 is 56.8 Å². The number of alkyl halides is 3. The Labute approximate surface area is 301 Å². The van der Waals surface area contributed by atoms with Crippen LogP contribution in [-0.2, 0) is 25.6 Å². The molecular weight excluding hydrogens is 713 g/mol. The predicted molar refractivity (Wildman–Crippen MR) is 182 cm³/mol. The maximum atomic E-state index is 13.9. The number of ether oxygens (including phenoxy) is 2. The first kappa shape index (κ1) is 41.1. The predicted octanol–water partition coefficient (Wildman–Crippen LogP) is 3.19. The van der Waals surface area contributed by atoms with E-state index in [-0.39, 0.29) is 23.3 Å². The number of rotatable bonds is 17. The second-order valence-electron chi connectivity index (χ2n) is 11.8. The third-order valence-corrected chi connectivity index (χ3v) is 7.81. The van der Waals surface area contributed by atoms with Gasteiger partial charge in [0.25, 0.3) is 11.8 Å². The van der Waals surface area contributed by atoms with Gasteiger partial charge in [-0.3, -0.25) is 24.0 Å². The fourth-order valence-corrected chi connectivity index (χ4v) is 5.04. The molecular formula is C35H38ClF3N4O9. The molecule has 17 heteroatoms. The van der Waals surface area contributed by atoms with E-state index >= 15 is 0 Å². The van der Waals surface area contributed by atoms with Gasteiger partial charge in [0.1, 0.15) is 30.1 Å². The average Bonchev–Trinajstić information content (AvgIpc) is 3.10. The normalized spacial score (nSPS) is 13.6. The molecule has 0 aliphatic rings. The Morgan fingerprint density at radius 2 is 1.50 bits per heavy atom. The molecule has 0 saturated heterocycles. The number of carboxylic acid groups (broad SMARTS) is 1. The van der Waals surface area contributed by atoms with Crippen molar-refractivity contribution in [3.63, 3.8) is 0 Å². The summed E-state index contributed by atoms with van der Waals surface area (Å²) in [5.41, 5.74) is 0.754. The smallest absolute Gasteiger partial charge is 0.416 e. The van der Waals surface area contributed by atoms with Gasteiger partial charge in [-0.2, -0.15) is 13.2 Å². The highest BCUT2D eigenvalue weighted by Crippen LogP contribution is 2.27. The molecule has 0 aliphatic carbocycles. The monoisotopic (exact) mass is 750 g/mol. The molecule has 0 aliphatic heterocycles. The van der Waals surface area contributed by atoms with E-state index in [9.17, 15) is 42.3 Å². The lowest BCUT2D eigenvalue weighted by molar-refractivity contribution is -0.215. The van der Waals surface area contributed by atoms with E-state index in [1.165, 1.54) is 69.5 Å². The first-order valence-corrected chi connectivity index (χ1v) is 16.1. The SMILES string of the molecule is COc1ccc(C(NC(=O)C(Cc2cccc(Cl)c2)NC(=O)c2ccc(OCC(=O)NCC(=O)O)cc2)C(=O)NC(C(C)C)C(O)C(F)(F)F)cc1. The lowest BCUT2D eigenvalue weighted by Crippen LogP contribution is -2.56. The van der Waals surface area contributed by atoms with Gasteiger partial charge in [-0.15, -0.1) is 0 Å². The highest BCUT2D eigenvalue weighted by molar-refractivity contribution is 6.30. The zero-order valence-electron chi connectivity index (χ0n) is 28.2. The minimum absolute atomic E-state index is 0.0666. The van der Waals surface area contributed by atoms with Gasteiger partial charge >= 0.3 is 12.1 Å². The number of hydrogen-bond acceptors (Lipinski definition) is 8. The van der Waals surface area contributed by atoms with E-state index in [0.29, 0.717) is 16.3 Å². The first-order chi connectivity index (χ1) is 24.5. The number of carbonyl (C=O) groups excluding carboxylic acids is 4. The number of carbonyl (C=O) groups is 5. The summed E-state index contributed by atoms with van der Waals surface area (Å²) in [6, 6.07) is 13.0. The largest absolute Gasteiger partial charge is 0.497 e. The van der Waals surface area contributed by atoms with Crippen molar-refractivity contribution in [2.24, 2.45) is 5.92 Å². The van der Waals surface area contributed by atoms with Gasteiger partial charge in [0.05, 0.1) is 13.2 Å². The Kier molecular flexibility index (Phi) is 14.8. The molecule has 4 atom stereocenters. The molecule has 13 nitrogen and oxygen atoms in total. The molecule has 4 unspecified atom stereocenters. The summed E-state index contributed by atoms with van der Waals surface area (Å²) in [5, 5.41) is 28.5. The zero-order chi connectivity index (χ0) is 38.6. The standard InChI is InChI=1S/C35H38ClF3N4O9/c1-19(2)29(31(47)35(37,38)39)42-34(50)30(21-7-11-24(51-3)12-8-21)43-33(49)26(16-20-5-4-6-23(36)15-20)41-32(48)22-9-13-25(14-10-22)52-18-27(44)40-17-28(45)46/h4-15,19,26,29-31,47H,16-18H2,1-3H3,(H,40,44)(H,41,48)(H,42,50)(H,43,49)(H,45,46). The number of benzene rings is 3. The Morgan fingerprint density at radius 1 is 0.865 bits per heavy atom. The van der Waals surface area contributed by atoms with Crippen molar-refractivity contribution in [2.45, 2.75) is 50.7 Å². The van der Waals surface area contributed by atoms with Crippen LogP contribution in [0.25, 0.3) is 0 Å². The average molecular weight is 751 g/mol. The quantitative estimate of drug-likeness (QED) is 0.120. The van der Waals surface area contributed by atoms with Gasteiger partial charge in [0.2, 0.25) is 11.8 Å². The van der Waals surface area contributed by atoms with Crippen LogP contribution in [0.3, 0.4) is 0 Å². The molecule has 3 aromatic rings. The molecule has 0 aromatic heterocycles. The molecule has 0 radical (unpaired) electrons. The molecule has 0 fully saturated rings. The summed E-state index contributed by atoms with van der Waals surface area (Å²) in [6.45, 7) is 1.69. The summed E-state index contributed by atoms with van der Waals surface area (Å²) < 4.78 is 51.0. The zero-order valence-corrected chi connectivity index (χ0v) is 29.0. The number of halogens is 4. The summed E-state index contributed by atoms with van der Waals surface area (Å²) in [6.07, 6.45) is -8.07. The fraction of sp³-hybridized carbons (Fsp3) is 0.343. The van der Waals surface area contributed by atoms with Crippen LogP contribution in [0.5, 0.6) is 11.5 Å². The molecule has 3 aromatic carbocycles. The molecule has 280 valence electrons. The van der Waals surface area contributed by atoms with Crippen LogP contribution < -0.4 is 30.7 Å². The lowest BCUT2D eigenvalue weighted by Gasteiger charge is -2.31. The van der Waals surface area contributed by atoms with Crippen molar-refractivity contribution in [3.8, 4) is 11.5 Å². The van der Waals surface area contributed by atoms with E-state index in [2.05, 4.69) is 21.3 Å². The van der Waals surface area contributed by atoms with Crippen molar-refractivity contribution in [2.75, 3.05) is 20.3 Å². The van der Waals surface area contributed by atoms with E-state index in [0.717, 1.165) is 0 Å². The number of nitrogens with one attached hydrogen (secondary N) is 4. The minimum atomic E-state index is -5.05. The topological polar surface area (TPSA) is 192 Å². The van der Waals surface area contributed by atoms with Gasteiger partial charge in [0.15, 0.2) is 12.7 Å². The van der Waals surface area contributed by atoms with Gasteiger partial charge in [-0.25, -0.2) is 0 Å². The van der Waals surface area contributed by atoms with E-state index in [1.54, 1.807) is 24.3 Å². The summed E-state index contributed by atoms with van der Waals surface area (Å²) in [4.78, 5) is 63.3. The molecule has 6 N–H and O–H groups in total. The summed E-state index contributed by atoms with van der Waals surface area (Å²) in [5.74, 6) is -4.87. The number of hydrogen-bond donors (Lipinski definition) is 6. The first-order valence-electron chi connectivity index (χ1n) is 15.7. The Hall–Kier alpha value is -5.35. The van der Waals surface area contributed by atoms with Crippen LogP contribution in [-0.4, -0.2) is 84.4 Å². The summed E-state index contributed by atoms with van der Waals surface area (Å²) in [7, 11) is 1.40. The molecule has 0 bridgehead atoms. The molecule has 0 saturated carbocycles. The van der Waals surface area contributed by atoms with Gasteiger partial charge in [0, 0.05) is 17.0 Å². The minimum Gasteiger partial charge on any atom is -0.497 e. The Morgan fingerprint density at radius 3 is 2.06 bits per heavy atom. The number of aliphatic hydroxyl groups excluding tert-OH is 1. The van der Waals surface area contributed by atoms with Crippen LogP contribution in [0.15, 0.2) is 72.8 Å². The number of carboxylic acids is 1. The number of methoxy groups -OCH3 is 1. The van der Waals surface area contributed by atoms with Crippen LogP contribution in [0.1, 0.15) is 41.4 Å². The Balaban J connectivity index is 1.88. The van der Waals surface area contributed by atoms with Crippen molar-refractivity contribution in [3.05, 3.63) is 94.5 Å². The lowest BCUT2D eigenvalue weighted by atomic mass is 9.96. The van der Waals surface area contributed by atoms with E-state index < -0.39 is 79.1 Å². The number of aliphatic hydroxyl groups is 1. The van der Waals surface area contributed by atoms with E-state index in [4.69, 9.17) is 26.2 Å². The van der Waals surface area contributed by atoms with Gasteiger partial charge < -0.3 is 41.0 Å². The number of amides is 4. The highest BCUT2D eigenvalue weighted by atomic mass is 35.5. The maximum absolute atomic E-state index is 13.9. The highest BCUT2D eigenvalue weighted by Gasteiger charge is 2.46. The number of aliphatic carboxylic acids is 1. The third-order valence-electron chi connectivity index (χ3n) is 7.57. The maximum Gasteiger partial charge on any atom is 0.416 e. The molecule has 0 heterocycles. The third kappa shape index (κ3) is 12.5. The Bertz CT molecular complexity index is 1710. The second kappa shape index (κ2) is 18.8. The van der Waals surface area contributed by atoms with Gasteiger partial charge in [-0.1, -0.05) is 49.7 Å². The van der Waals surface area contributed by atoms with Crippen LogP contribution in [0.2, 0.25) is 5.02 Å². The fourth-order valence-electron chi connectivity index (χ4n) is 4.83. The summed E-state index contributed by atoms with van der Waals surface area (Å²) >= 11 is 6.15. The molecule has 0 spiro atoms. The van der Waals surface area contributed by atoms with Crippen molar-refractivity contribution >= 4 is 41.2 Å². The molecule has 4 amide bonds. The molecule has 52 heavy (non-hydrogen) atoms. The second-order valence-corrected chi connectivity index (χ2v) is 12.3. The van der Waals surface area contributed by atoms with Gasteiger partial charge in [-0.05, 0) is 65.6 Å². The van der Waals surface area contributed by atoms with E-state index in [1.807, 2.05) is 0 Å². The van der Waals surface area contributed by atoms with Crippen LogP contribution >= 0.6 is 11.6 Å². The van der Waals surface area contributed by atoms with Crippen LogP contribution in [0.4, 0.5) is 13.2 Å². The molecule has 3 rings (SSSR count). The van der Waals surface area contributed by atoms with Crippen molar-refractivity contribution in [1.82, 2.24) is 21.3 Å².